The lowest BCUT2D eigenvalue weighted by atomic mass is 9.98. The van der Waals surface area contributed by atoms with Gasteiger partial charge in [0.05, 0.1) is 10.5 Å². The van der Waals surface area contributed by atoms with Crippen LogP contribution in [0.15, 0.2) is 18.2 Å². The molecular weight excluding hydrogens is 274 g/mol. The number of carbonyl (C=O) groups is 1. The van der Waals surface area contributed by atoms with Crippen LogP contribution in [0, 0.1) is 16.0 Å². The second kappa shape index (κ2) is 6.53. The molecule has 2 rings (SSSR count). The standard InChI is InChI=1S/C14H19N3O4/c1-16-6-2-3-10(9-16)8-15-12-5-4-11(14(18)19)7-13(12)17(20)21/h4-5,7,10,15H,2-3,6,8-9H2,1H3,(H,18,19). The van der Waals surface area contributed by atoms with Gasteiger partial charge in [-0.1, -0.05) is 0 Å². The topological polar surface area (TPSA) is 95.7 Å². The predicted octanol–water partition coefficient (Wildman–Crippen LogP) is 2.05. The van der Waals surface area contributed by atoms with E-state index >= 15 is 0 Å². The minimum absolute atomic E-state index is 0.0790. The Labute approximate surface area is 122 Å². The summed E-state index contributed by atoms with van der Waals surface area (Å²) in [7, 11) is 2.07. The predicted molar refractivity (Wildman–Crippen MR) is 78.8 cm³/mol. The molecule has 2 N–H and O–H groups in total. The van der Waals surface area contributed by atoms with Crippen LogP contribution in [0.1, 0.15) is 23.2 Å². The quantitative estimate of drug-likeness (QED) is 0.637. The highest BCUT2D eigenvalue weighted by Gasteiger charge is 2.20. The van der Waals surface area contributed by atoms with Crippen LogP contribution in [0.25, 0.3) is 0 Å². The number of likely N-dealkylation sites (tertiary alicyclic amines) is 1. The average molecular weight is 293 g/mol. The first-order valence-corrected chi connectivity index (χ1v) is 6.91. The second-order valence-electron chi connectivity index (χ2n) is 5.45. The van der Waals surface area contributed by atoms with Crippen LogP contribution in [0.5, 0.6) is 0 Å². The summed E-state index contributed by atoms with van der Waals surface area (Å²) in [6, 6.07) is 3.94. The van der Waals surface area contributed by atoms with E-state index in [-0.39, 0.29) is 11.3 Å². The van der Waals surface area contributed by atoms with Gasteiger partial charge in [-0.05, 0) is 44.5 Å². The van der Waals surface area contributed by atoms with Gasteiger partial charge in [-0.25, -0.2) is 4.79 Å². The van der Waals surface area contributed by atoms with Crippen molar-refractivity contribution in [2.75, 3.05) is 32.0 Å². The number of nitro benzene ring substituents is 1. The third kappa shape index (κ3) is 3.91. The highest BCUT2D eigenvalue weighted by molar-refractivity contribution is 5.89. The Kier molecular flexibility index (Phi) is 4.74. The summed E-state index contributed by atoms with van der Waals surface area (Å²) in [5.41, 5.74) is 0.0990. The number of piperidine rings is 1. The lowest BCUT2D eigenvalue weighted by Gasteiger charge is -2.29. The van der Waals surface area contributed by atoms with Crippen LogP contribution >= 0.6 is 0 Å². The molecule has 1 aromatic rings. The monoisotopic (exact) mass is 293 g/mol. The highest BCUT2D eigenvalue weighted by Crippen LogP contribution is 2.26. The molecule has 1 atom stereocenters. The summed E-state index contributed by atoms with van der Waals surface area (Å²) in [5, 5.41) is 23.1. The normalized spacial score (nSPS) is 19.2. The van der Waals surface area contributed by atoms with Crippen LogP contribution < -0.4 is 5.32 Å². The largest absolute Gasteiger partial charge is 0.478 e. The van der Waals surface area contributed by atoms with Crippen molar-refractivity contribution in [2.24, 2.45) is 5.92 Å². The van der Waals surface area contributed by atoms with Crippen LogP contribution in [0.3, 0.4) is 0 Å². The van der Waals surface area contributed by atoms with Gasteiger partial charge in [0.25, 0.3) is 5.69 Å². The summed E-state index contributed by atoms with van der Waals surface area (Å²) in [6.45, 7) is 2.70. The molecular formula is C14H19N3O4. The Bertz CT molecular complexity index is 547. The number of hydrogen-bond donors (Lipinski definition) is 2. The van der Waals surface area contributed by atoms with Gasteiger partial charge in [-0.2, -0.15) is 0 Å². The molecule has 7 nitrogen and oxygen atoms in total. The van der Waals surface area contributed by atoms with Gasteiger partial charge in [0, 0.05) is 19.2 Å². The Balaban J connectivity index is 2.08. The molecule has 1 aliphatic heterocycles. The summed E-state index contributed by atoms with van der Waals surface area (Å²) in [6.07, 6.45) is 2.22. The minimum Gasteiger partial charge on any atom is -0.478 e. The molecule has 0 amide bonds. The van der Waals surface area contributed by atoms with Gasteiger partial charge < -0.3 is 15.3 Å². The fourth-order valence-corrected chi connectivity index (χ4v) is 2.66. The average Bonchev–Trinajstić information content (AvgIpc) is 2.44. The van der Waals surface area contributed by atoms with E-state index in [2.05, 4.69) is 17.3 Å². The molecule has 1 fully saturated rings. The van der Waals surface area contributed by atoms with Crippen LogP contribution in [-0.2, 0) is 0 Å². The molecule has 7 heteroatoms. The molecule has 0 aromatic heterocycles. The number of anilines is 1. The SMILES string of the molecule is CN1CCCC(CNc2ccc(C(=O)O)cc2[N+](=O)[O-])C1. The zero-order valence-corrected chi connectivity index (χ0v) is 11.9. The first-order valence-electron chi connectivity index (χ1n) is 6.91. The number of nitrogens with one attached hydrogen (secondary N) is 1. The van der Waals surface area contributed by atoms with Gasteiger partial charge in [-0.3, -0.25) is 10.1 Å². The third-order valence-corrected chi connectivity index (χ3v) is 3.74. The van der Waals surface area contributed by atoms with Crippen molar-refractivity contribution >= 4 is 17.3 Å². The van der Waals surface area contributed by atoms with Crippen molar-refractivity contribution in [1.29, 1.82) is 0 Å². The van der Waals surface area contributed by atoms with E-state index in [1.807, 2.05) is 0 Å². The maximum Gasteiger partial charge on any atom is 0.335 e. The van der Waals surface area contributed by atoms with Crippen LogP contribution in [-0.4, -0.2) is 47.6 Å². The minimum atomic E-state index is -1.17. The van der Waals surface area contributed by atoms with E-state index in [0.29, 0.717) is 18.2 Å². The summed E-state index contributed by atoms with van der Waals surface area (Å²) < 4.78 is 0. The van der Waals surface area contributed by atoms with E-state index in [9.17, 15) is 14.9 Å². The Morgan fingerprint density at radius 3 is 2.95 bits per heavy atom. The van der Waals surface area contributed by atoms with Crippen molar-refractivity contribution in [3.05, 3.63) is 33.9 Å². The first kappa shape index (κ1) is 15.2. The fourth-order valence-electron chi connectivity index (χ4n) is 2.66. The van der Waals surface area contributed by atoms with Crippen molar-refractivity contribution in [3.63, 3.8) is 0 Å². The summed E-state index contributed by atoms with van der Waals surface area (Å²) in [5.74, 6) is -0.721. The molecule has 21 heavy (non-hydrogen) atoms. The summed E-state index contributed by atoms with van der Waals surface area (Å²) in [4.78, 5) is 23.6. The maximum atomic E-state index is 11.1. The first-order chi connectivity index (χ1) is 9.97. The van der Waals surface area contributed by atoms with E-state index in [1.54, 1.807) is 0 Å². The maximum absolute atomic E-state index is 11.1. The fraction of sp³-hybridized carbons (Fsp3) is 0.500. The number of rotatable bonds is 5. The van der Waals surface area contributed by atoms with E-state index in [4.69, 9.17) is 5.11 Å². The summed E-state index contributed by atoms with van der Waals surface area (Å²) >= 11 is 0. The smallest absolute Gasteiger partial charge is 0.335 e. The highest BCUT2D eigenvalue weighted by atomic mass is 16.6. The number of benzene rings is 1. The lowest BCUT2D eigenvalue weighted by Crippen LogP contribution is -2.35. The zero-order chi connectivity index (χ0) is 15.4. The molecule has 1 unspecified atom stereocenters. The van der Waals surface area contributed by atoms with Crippen LogP contribution in [0.2, 0.25) is 0 Å². The molecule has 1 saturated heterocycles. The Hall–Kier alpha value is -2.15. The molecule has 114 valence electrons. The Morgan fingerprint density at radius 2 is 2.33 bits per heavy atom. The zero-order valence-electron chi connectivity index (χ0n) is 11.9. The molecule has 0 radical (unpaired) electrons. The van der Waals surface area contributed by atoms with Crippen molar-refractivity contribution < 1.29 is 14.8 Å². The number of hydrogen-bond acceptors (Lipinski definition) is 5. The second-order valence-corrected chi connectivity index (χ2v) is 5.45. The molecule has 0 spiro atoms. The molecule has 1 heterocycles. The van der Waals surface area contributed by atoms with Gasteiger partial charge in [0.15, 0.2) is 0 Å². The van der Waals surface area contributed by atoms with E-state index in [1.165, 1.54) is 12.1 Å². The lowest BCUT2D eigenvalue weighted by molar-refractivity contribution is -0.384. The molecule has 0 bridgehead atoms. The van der Waals surface area contributed by atoms with E-state index in [0.717, 1.165) is 32.0 Å². The number of carboxylic acids is 1. The van der Waals surface area contributed by atoms with Gasteiger partial charge >= 0.3 is 5.97 Å². The van der Waals surface area contributed by atoms with Crippen molar-refractivity contribution in [3.8, 4) is 0 Å². The van der Waals surface area contributed by atoms with E-state index < -0.39 is 10.9 Å². The molecule has 0 saturated carbocycles. The number of carboxylic acid groups (broad SMARTS) is 1. The Morgan fingerprint density at radius 1 is 1.57 bits per heavy atom. The number of nitrogens with zero attached hydrogens (tertiary/aromatic N) is 2. The molecule has 1 aromatic carbocycles. The van der Waals surface area contributed by atoms with Gasteiger partial charge in [-0.15, -0.1) is 0 Å². The number of nitro groups is 1. The van der Waals surface area contributed by atoms with Crippen LogP contribution in [0.4, 0.5) is 11.4 Å². The number of aromatic carboxylic acids is 1. The molecule has 0 aliphatic carbocycles. The van der Waals surface area contributed by atoms with Crippen molar-refractivity contribution in [1.82, 2.24) is 4.90 Å². The third-order valence-electron chi connectivity index (χ3n) is 3.74. The van der Waals surface area contributed by atoms with Gasteiger partial charge in [0.1, 0.15) is 5.69 Å². The van der Waals surface area contributed by atoms with Gasteiger partial charge in [0.2, 0.25) is 0 Å². The molecule has 1 aliphatic rings. The van der Waals surface area contributed by atoms with Crippen molar-refractivity contribution in [2.45, 2.75) is 12.8 Å².